The highest BCUT2D eigenvalue weighted by molar-refractivity contribution is 7.89. The number of sulfonamides is 1. The van der Waals surface area contributed by atoms with Crippen LogP contribution in [0.4, 0.5) is 10.5 Å². The highest BCUT2D eigenvalue weighted by Gasteiger charge is 2.38. The molecule has 2 amide bonds. The fourth-order valence-corrected chi connectivity index (χ4v) is 4.97. The van der Waals surface area contributed by atoms with E-state index in [9.17, 15) is 23.3 Å². The second-order valence-corrected chi connectivity index (χ2v) is 10.4. The molecule has 1 N–H and O–H groups in total. The van der Waals surface area contributed by atoms with Gasteiger partial charge < -0.3 is 15.0 Å². The second kappa shape index (κ2) is 8.82. The van der Waals surface area contributed by atoms with Crippen molar-refractivity contribution in [3.63, 3.8) is 0 Å². The third-order valence-corrected chi connectivity index (χ3v) is 6.94. The van der Waals surface area contributed by atoms with Crippen molar-refractivity contribution in [2.45, 2.75) is 43.7 Å². The molecule has 10 nitrogen and oxygen atoms in total. The topological polar surface area (TPSA) is 123 Å². The molecule has 0 bridgehead atoms. The van der Waals surface area contributed by atoms with Crippen LogP contribution in [0.5, 0.6) is 0 Å². The van der Waals surface area contributed by atoms with Crippen LogP contribution in [0.3, 0.4) is 0 Å². The number of benzene rings is 1. The largest absolute Gasteiger partial charge is 0.443 e. The monoisotopic (exact) mass is 449 g/mol. The zero-order valence-corrected chi connectivity index (χ0v) is 18.7. The first kappa shape index (κ1) is 23.0. The smallest absolute Gasteiger partial charge is 0.423 e. The Morgan fingerprint density at radius 3 is 2.39 bits per heavy atom. The summed E-state index contributed by atoms with van der Waals surface area (Å²) < 4.78 is 32.2. The summed E-state index contributed by atoms with van der Waals surface area (Å²) in [5.41, 5.74) is -0.255. The van der Waals surface area contributed by atoms with Crippen LogP contribution in [0.15, 0.2) is 29.2 Å². The zero-order chi connectivity index (χ0) is 22.8. The summed E-state index contributed by atoms with van der Waals surface area (Å²) in [4.78, 5) is 27.3. The van der Waals surface area contributed by atoms with Gasteiger partial charge in [0, 0.05) is 38.4 Å². The Morgan fingerprint density at radius 2 is 1.84 bits per heavy atom. The number of carbonyl (C=O) groups excluding carboxylic acids is 2. The number of amides is 2. The van der Waals surface area contributed by atoms with Crippen molar-refractivity contribution in [2.75, 3.05) is 37.6 Å². The Balaban J connectivity index is 1.73. The molecule has 1 aromatic carbocycles. The van der Waals surface area contributed by atoms with Gasteiger partial charge in [0.2, 0.25) is 15.9 Å². The number of nitrogens with one attached hydrogen (secondary N) is 1. The van der Waals surface area contributed by atoms with Gasteiger partial charge in [-0.1, -0.05) is 0 Å². The molecule has 1 aromatic rings. The standard InChI is InChI=1S/C20H27N5O5S/c1-20(2,3)30-19(27)25(14-21)16-12-18(26)24(13-16)15-4-6-17(7-5-15)31(28,29)23-10-8-22-9-11-23/h4-7,16,22H,8-13H2,1-3H3. The molecule has 2 aliphatic heterocycles. The van der Waals surface area contributed by atoms with E-state index >= 15 is 0 Å². The fourth-order valence-electron chi connectivity index (χ4n) is 3.53. The van der Waals surface area contributed by atoms with Crippen molar-refractivity contribution in [3.8, 4) is 6.19 Å². The van der Waals surface area contributed by atoms with E-state index in [1.807, 2.05) is 6.19 Å². The van der Waals surface area contributed by atoms with Gasteiger partial charge in [-0.15, -0.1) is 0 Å². The summed E-state index contributed by atoms with van der Waals surface area (Å²) in [6.45, 7) is 7.24. The highest BCUT2D eigenvalue weighted by atomic mass is 32.2. The zero-order valence-electron chi connectivity index (χ0n) is 17.9. The van der Waals surface area contributed by atoms with Crippen LogP contribution in [0.25, 0.3) is 0 Å². The lowest BCUT2D eigenvalue weighted by molar-refractivity contribution is -0.117. The molecule has 3 rings (SSSR count). The van der Waals surface area contributed by atoms with Gasteiger partial charge in [0.25, 0.3) is 0 Å². The molecule has 0 radical (unpaired) electrons. The van der Waals surface area contributed by atoms with Gasteiger partial charge >= 0.3 is 6.09 Å². The van der Waals surface area contributed by atoms with Gasteiger partial charge in [-0.25, -0.2) is 18.1 Å². The normalized spacial score (nSPS) is 20.4. The van der Waals surface area contributed by atoms with Crippen molar-refractivity contribution in [1.82, 2.24) is 14.5 Å². The number of hydrogen-bond donors (Lipinski definition) is 1. The molecule has 2 fully saturated rings. The van der Waals surface area contributed by atoms with Crippen LogP contribution < -0.4 is 10.2 Å². The number of nitriles is 1. The molecule has 0 aliphatic carbocycles. The number of piperazine rings is 1. The summed E-state index contributed by atoms with van der Waals surface area (Å²) in [6, 6.07) is 5.43. The lowest BCUT2D eigenvalue weighted by Gasteiger charge is -2.27. The molecule has 11 heteroatoms. The number of carbonyl (C=O) groups is 2. The first-order valence-electron chi connectivity index (χ1n) is 10.1. The van der Waals surface area contributed by atoms with Crippen molar-refractivity contribution in [2.24, 2.45) is 0 Å². The van der Waals surface area contributed by atoms with E-state index in [0.29, 0.717) is 31.9 Å². The van der Waals surface area contributed by atoms with E-state index in [0.717, 1.165) is 4.90 Å². The lowest BCUT2D eigenvalue weighted by atomic mass is 10.2. The van der Waals surface area contributed by atoms with E-state index in [1.54, 1.807) is 32.9 Å². The van der Waals surface area contributed by atoms with Gasteiger partial charge in [0.1, 0.15) is 5.60 Å². The first-order chi connectivity index (χ1) is 14.5. The molecule has 2 heterocycles. The average Bonchev–Trinajstić information content (AvgIpc) is 3.09. The van der Waals surface area contributed by atoms with Crippen LogP contribution in [0.1, 0.15) is 27.2 Å². The minimum absolute atomic E-state index is 0.0202. The average molecular weight is 450 g/mol. The molecule has 1 atom stereocenters. The molecule has 1 unspecified atom stereocenters. The number of anilines is 1. The Labute approximate surface area is 182 Å². The molecule has 0 aromatic heterocycles. The number of nitrogens with zero attached hydrogens (tertiary/aromatic N) is 4. The van der Waals surface area contributed by atoms with E-state index in [1.165, 1.54) is 21.3 Å². The minimum atomic E-state index is -3.60. The highest BCUT2D eigenvalue weighted by Crippen LogP contribution is 2.27. The Kier molecular flexibility index (Phi) is 6.54. The van der Waals surface area contributed by atoms with Crippen LogP contribution in [-0.4, -0.2) is 74.0 Å². The van der Waals surface area contributed by atoms with Gasteiger partial charge in [0.15, 0.2) is 6.19 Å². The third kappa shape index (κ3) is 5.15. The molecule has 0 saturated carbocycles. The molecule has 2 saturated heterocycles. The fraction of sp³-hybridized carbons (Fsp3) is 0.550. The van der Waals surface area contributed by atoms with E-state index < -0.39 is 27.8 Å². The van der Waals surface area contributed by atoms with E-state index in [4.69, 9.17) is 4.74 Å². The maximum Gasteiger partial charge on any atom is 0.423 e. The van der Waals surface area contributed by atoms with Crippen molar-refractivity contribution >= 4 is 27.7 Å². The molecule has 168 valence electrons. The van der Waals surface area contributed by atoms with Crippen molar-refractivity contribution in [3.05, 3.63) is 24.3 Å². The predicted octanol–water partition coefficient (Wildman–Crippen LogP) is 1.10. The van der Waals surface area contributed by atoms with Crippen molar-refractivity contribution in [1.29, 1.82) is 5.26 Å². The Morgan fingerprint density at radius 1 is 1.23 bits per heavy atom. The summed E-state index contributed by atoms with van der Waals surface area (Å²) in [5, 5.41) is 12.5. The van der Waals surface area contributed by atoms with Gasteiger partial charge in [-0.2, -0.15) is 9.57 Å². The van der Waals surface area contributed by atoms with Crippen LogP contribution in [0, 0.1) is 11.5 Å². The van der Waals surface area contributed by atoms with Crippen molar-refractivity contribution < 1.29 is 22.7 Å². The molecule has 31 heavy (non-hydrogen) atoms. The van der Waals surface area contributed by atoms with Crippen LogP contribution in [-0.2, 0) is 19.6 Å². The molecular weight excluding hydrogens is 422 g/mol. The Hall–Kier alpha value is -2.68. The van der Waals surface area contributed by atoms with Crippen LogP contribution >= 0.6 is 0 Å². The van der Waals surface area contributed by atoms with Gasteiger partial charge in [0.05, 0.1) is 17.4 Å². The second-order valence-electron chi connectivity index (χ2n) is 8.46. The summed E-state index contributed by atoms with van der Waals surface area (Å²) >= 11 is 0. The third-order valence-electron chi connectivity index (χ3n) is 5.03. The Bertz CT molecular complexity index is 975. The first-order valence-corrected chi connectivity index (χ1v) is 11.5. The summed E-state index contributed by atoms with van der Waals surface area (Å²) in [5.74, 6) is -0.258. The van der Waals surface area contributed by atoms with E-state index in [-0.39, 0.29) is 23.8 Å². The maximum absolute atomic E-state index is 12.8. The van der Waals surface area contributed by atoms with E-state index in [2.05, 4.69) is 5.32 Å². The maximum atomic E-state index is 12.8. The quantitative estimate of drug-likeness (QED) is 0.539. The SMILES string of the molecule is CC(C)(C)OC(=O)N(C#N)C1CC(=O)N(c2ccc(S(=O)(=O)N3CCNCC3)cc2)C1. The molecule has 0 spiro atoms. The molecular formula is C20H27N5O5S. The number of hydrogen-bond acceptors (Lipinski definition) is 7. The number of rotatable bonds is 4. The summed E-state index contributed by atoms with van der Waals surface area (Å²) in [6.07, 6.45) is 0.995. The van der Waals surface area contributed by atoms with Gasteiger partial charge in [-0.05, 0) is 45.0 Å². The lowest BCUT2D eigenvalue weighted by Crippen LogP contribution is -2.46. The minimum Gasteiger partial charge on any atom is -0.443 e. The predicted molar refractivity (Wildman–Crippen MR) is 113 cm³/mol. The van der Waals surface area contributed by atoms with Gasteiger partial charge in [-0.3, -0.25) is 4.79 Å². The molecule has 2 aliphatic rings. The van der Waals surface area contributed by atoms with Crippen LogP contribution in [0.2, 0.25) is 0 Å². The number of ether oxygens (including phenoxy) is 1. The summed E-state index contributed by atoms with van der Waals surface area (Å²) in [7, 11) is -3.60.